The zero-order valence-electron chi connectivity index (χ0n) is 10.2. The van der Waals surface area contributed by atoms with Crippen molar-refractivity contribution in [3.05, 3.63) is 46.7 Å². The number of anilines is 1. The lowest BCUT2D eigenvalue weighted by atomic mass is 10.2. The zero-order valence-corrected chi connectivity index (χ0v) is 11.8. The Morgan fingerprint density at radius 2 is 2.33 bits per heavy atom. The van der Waals surface area contributed by atoms with Crippen LogP contribution in [0.25, 0.3) is 0 Å². The van der Waals surface area contributed by atoms with Crippen LogP contribution in [-0.4, -0.2) is 27.5 Å². The van der Waals surface area contributed by atoms with Gasteiger partial charge in [0.15, 0.2) is 0 Å². The molecule has 1 atom stereocenters. The third-order valence-electron chi connectivity index (χ3n) is 2.67. The molecule has 0 aliphatic rings. The number of nitrogens with zero attached hydrogens (tertiary/aromatic N) is 2. The van der Waals surface area contributed by atoms with Gasteiger partial charge in [-0.15, -0.1) is 0 Å². The van der Waals surface area contributed by atoms with Crippen LogP contribution in [0.4, 0.5) is 5.69 Å². The highest BCUT2D eigenvalue weighted by atomic mass is 79.9. The van der Waals surface area contributed by atoms with E-state index in [1.165, 1.54) is 5.56 Å². The Labute approximate surface area is 115 Å². The van der Waals surface area contributed by atoms with Crippen LogP contribution in [0.5, 0.6) is 0 Å². The number of aliphatic hydroxyl groups is 1. The minimum absolute atomic E-state index is 0.468. The second-order valence-corrected chi connectivity index (χ2v) is 5.08. The SMILES string of the molecule is Cc1ccc(NCC(O)Cn2cccn2)cc1Br. The van der Waals surface area contributed by atoms with Gasteiger partial charge in [0, 0.05) is 29.1 Å². The third kappa shape index (κ3) is 3.58. The number of benzene rings is 1. The van der Waals surface area contributed by atoms with Gasteiger partial charge >= 0.3 is 0 Å². The van der Waals surface area contributed by atoms with E-state index in [4.69, 9.17) is 0 Å². The van der Waals surface area contributed by atoms with Crippen molar-refractivity contribution in [2.45, 2.75) is 19.6 Å². The highest BCUT2D eigenvalue weighted by Gasteiger charge is 2.05. The molecule has 0 fully saturated rings. The van der Waals surface area contributed by atoms with Gasteiger partial charge in [-0.3, -0.25) is 4.68 Å². The van der Waals surface area contributed by atoms with Gasteiger partial charge in [0.2, 0.25) is 0 Å². The van der Waals surface area contributed by atoms with E-state index in [-0.39, 0.29) is 0 Å². The lowest BCUT2D eigenvalue weighted by Gasteiger charge is -2.13. The third-order valence-corrected chi connectivity index (χ3v) is 3.52. The summed E-state index contributed by atoms with van der Waals surface area (Å²) in [5.41, 5.74) is 2.18. The Kier molecular flexibility index (Phi) is 4.38. The molecule has 0 saturated heterocycles. The smallest absolute Gasteiger partial charge is 0.0907 e. The van der Waals surface area contributed by atoms with Crippen molar-refractivity contribution in [2.24, 2.45) is 0 Å². The Morgan fingerprint density at radius 3 is 3.00 bits per heavy atom. The summed E-state index contributed by atoms with van der Waals surface area (Å²) in [6, 6.07) is 7.89. The predicted octanol–water partition coefficient (Wildman–Crippen LogP) is 2.43. The minimum Gasteiger partial charge on any atom is -0.389 e. The van der Waals surface area contributed by atoms with Crippen LogP contribution < -0.4 is 5.32 Å². The van der Waals surface area contributed by atoms with Crippen molar-refractivity contribution < 1.29 is 5.11 Å². The second kappa shape index (κ2) is 6.02. The molecule has 96 valence electrons. The normalized spacial score (nSPS) is 12.4. The number of aliphatic hydroxyl groups excluding tert-OH is 1. The van der Waals surface area contributed by atoms with E-state index in [1.807, 2.05) is 37.4 Å². The molecule has 0 aliphatic heterocycles. The molecule has 0 amide bonds. The summed E-state index contributed by atoms with van der Waals surface area (Å²) >= 11 is 3.49. The van der Waals surface area contributed by atoms with Gasteiger partial charge in [0.05, 0.1) is 12.6 Å². The first kappa shape index (κ1) is 13.1. The standard InChI is InChI=1S/C13H16BrN3O/c1-10-3-4-11(7-13(10)14)15-8-12(18)9-17-6-2-5-16-17/h2-7,12,15,18H,8-9H2,1H3. The molecule has 0 aliphatic carbocycles. The summed E-state index contributed by atoms with van der Waals surface area (Å²) < 4.78 is 2.78. The average molecular weight is 310 g/mol. The van der Waals surface area contributed by atoms with Gasteiger partial charge in [0.25, 0.3) is 0 Å². The van der Waals surface area contributed by atoms with Crippen LogP contribution in [0.3, 0.4) is 0 Å². The average Bonchev–Trinajstić information content (AvgIpc) is 2.83. The van der Waals surface area contributed by atoms with Crippen molar-refractivity contribution >= 4 is 21.6 Å². The van der Waals surface area contributed by atoms with E-state index in [0.717, 1.165) is 10.2 Å². The van der Waals surface area contributed by atoms with Gasteiger partial charge < -0.3 is 10.4 Å². The van der Waals surface area contributed by atoms with Crippen LogP contribution in [0.1, 0.15) is 5.56 Å². The molecule has 0 saturated carbocycles. The van der Waals surface area contributed by atoms with Gasteiger partial charge in [-0.05, 0) is 30.7 Å². The predicted molar refractivity (Wildman–Crippen MR) is 75.6 cm³/mol. The first-order valence-electron chi connectivity index (χ1n) is 5.80. The molecular formula is C13H16BrN3O. The van der Waals surface area contributed by atoms with E-state index < -0.39 is 6.10 Å². The van der Waals surface area contributed by atoms with E-state index in [2.05, 4.69) is 26.3 Å². The van der Waals surface area contributed by atoms with Crippen molar-refractivity contribution in [1.82, 2.24) is 9.78 Å². The van der Waals surface area contributed by atoms with Crippen molar-refractivity contribution in [3.8, 4) is 0 Å². The molecule has 18 heavy (non-hydrogen) atoms. The molecule has 1 heterocycles. The van der Waals surface area contributed by atoms with Crippen LogP contribution in [0, 0.1) is 6.92 Å². The number of rotatable bonds is 5. The maximum atomic E-state index is 9.87. The Hall–Kier alpha value is -1.33. The summed E-state index contributed by atoms with van der Waals surface area (Å²) in [5.74, 6) is 0. The fraction of sp³-hybridized carbons (Fsp3) is 0.308. The van der Waals surface area contributed by atoms with Crippen LogP contribution in [0.15, 0.2) is 41.1 Å². The molecular weight excluding hydrogens is 294 g/mol. The number of nitrogens with one attached hydrogen (secondary N) is 1. The van der Waals surface area contributed by atoms with Crippen molar-refractivity contribution in [3.63, 3.8) is 0 Å². The summed E-state index contributed by atoms with van der Waals surface area (Å²) in [6.45, 7) is 3.03. The van der Waals surface area contributed by atoms with E-state index >= 15 is 0 Å². The Balaban J connectivity index is 1.85. The quantitative estimate of drug-likeness (QED) is 0.892. The minimum atomic E-state index is -0.468. The second-order valence-electron chi connectivity index (χ2n) is 4.23. The number of hydrogen-bond acceptors (Lipinski definition) is 3. The molecule has 1 unspecified atom stereocenters. The molecule has 1 aromatic heterocycles. The molecule has 2 N–H and O–H groups in total. The van der Waals surface area contributed by atoms with Crippen LogP contribution >= 0.6 is 15.9 Å². The van der Waals surface area contributed by atoms with Crippen molar-refractivity contribution in [2.75, 3.05) is 11.9 Å². The largest absolute Gasteiger partial charge is 0.389 e. The number of hydrogen-bond donors (Lipinski definition) is 2. The highest BCUT2D eigenvalue weighted by Crippen LogP contribution is 2.20. The van der Waals surface area contributed by atoms with E-state index in [9.17, 15) is 5.11 Å². The van der Waals surface area contributed by atoms with Gasteiger partial charge in [-0.25, -0.2) is 0 Å². The molecule has 4 nitrogen and oxygen atoms in total. The molecule has 0 radical (unpaired) electrons. The molecule has 0 spiro atoms. The number of aryl methyl sites for hydroxylation is 1. The van der Waals surface area contributed by atoms with Gasteiger partial charge in [-0.2, -0.15) is 5.10 Å². The molecule has 5 heteroatoms. The first-order valence-corrected chi connectivity index (χ1v) is 6.60. The monoisotopic (exact) mass is 309 g/mol. The molecule has 2 aromatic rings. The van der Waals surface area contributed by atoms with E-state index in [1.54, 1.807) is 10.9 Å². The zero-order chi connectivity index (χ0) is 13.0. The Morgan fingerprint density at radius 1 is 1.50 bits per heavy atom. The molecule has 0 bridgehead atoms. The van der Waals surface area contributed by atoms with Crippen LogP contribution in [0.2, 0.25) is 0 Å². The fourth-order valence-corrected chi connectivity index (χ4v) is 2.01. The van der Waals surface area contributed by atoms with Gasteiger partial charge in [-0.1, -0.05) is 22.0 Å². The maximum Gasteiger partial charge on any atom is 0.0907 e. The summed E-state index contributed by atoms with van der Waals surface area (Å²) in [7, 11) is 0. The highest BCUT2D eigenvalue weighted by molar-refractivity contribution is 9.10. The number of halogens is 1. The van der Waals surface area contributed by atoms with Gasteiger partial charge in [0.1, 0.15) is 0 Å². The lowest BCUT2D eigenvalue weighted by Crippen LogP contribution is -2.25. The number of aromatic nitrogens is 2. The Bertz CT molecular complexity index is 499. The first-order chi connectivity index (χ1) is 8.65. The topological polar surface area (TPSA) is 50.1 Å². The maximum absolute atomic E-state index is 9.87. The molecule has 1 aromatic carbocycles. The van der Waals surface area contributed by atoms with E-state index in [0.29, 0.717) is 13.1 Å². The fourth-order valence-electron chi connectivity index (χ4n) is 1.63. The lowest BCUT2D eigenvalue weighted by molar-refractivity contribution is 0.161. The summed E-state index contributed by atoms with van der Waals surface area (Å²) in [4.78, 5) is 0. The summed E-state index contributed by atoms with van der Waals surface area (Å²) in [5, 5.41) is 17.1. The van der Waals surface area contributed by atoms with Crippen molar-refractivity contribution in [1.29, 1.82) is 0 Å². The van der Waals surface area contributed by atoms with Crippen LogP contribution in [-0.2, 0) is 6.54 Å². The molecule has 2 rings (SSSR count). The summed E-state index contributed by atoms with van der Waals surface area (Å²) in [6.07, 6.45) is 3.08.